The third-order valence-electron chi connectivity index (χ3n) is 3.79. The van der Waals surface area contributed by atoms with E-state index in [-0.39, 0.29) is 0 Å². The first-order valence-electron chi connectivity index (χ1n) is 9.71. The van der Waals surface area contributed by atoms with Crippen molar-refractivity contribution in [2.45, 2.75) is 13.8 Å². The van der Waals surface area contributed by atoms with E-state index in [0.717, 1.165) is 0 Å². The van der Waals surface area contributed by atoms with Gasteiger partial charge in [0, 0.05) is 0 Å². The number of rotatable bonds is 3. The Morgan fingerprint density at radius 2 is 0.968 bits per heavy atom. The van der Waals surface area contributed by atoms with Crippen LogP contribution in [0.4, 0.5) is 0 Å². The Morgan fingerprint density at radius 1 is 0.677 bits per heavy atom. The standard InChI is InChI=1S/C18H15P.C5H5.C4H6.CO.Mn/c1-4-10-16(11-5-1)19(17-12-6-2-7-13-17)18-14-8-3-9-15-18;1-2-4-5-3-1;1-4(2)3;1-2;/h1-15H;1-5H;1-2H3;;/q;-1;;;. The summed E-state index contributed by atoms with van der Waals surface area (Å²) in [5, 5.41) is 4.19. The quantitative estimate of drug-likeness (QED) is 0.160. The Bertz CT molecular complexity index is 889. The van der Waals surface area contributed by atoms with Crippen molar-refractivity contribution in [2.24, 2.45) is 0 Å². The summed E-state index contributed by atoms with van der Waals surface area (Å²) in [6, 6.07) is 42.3. The molecule has 4 rings (SSSR count). The fraction of sp³-hybridized carbons (Fsp3) is 0.0714. The van der Waals surface area contributed by atoms with E-state index in [1.54, 1.807) is 0 Å². The molecule has 0 saturated carbocycles. The summed E-state index contributed by atoms with van der Waals surface area (Å²) in [5.41, 5.74) is 1.17. The van der Waals surface area contributed by atoms with E-state index in [0.29, 0.717) is 0 Å². The number of hydrogen-bond donors (Lipinski definition) is 0. The van der Waals surface area contributed by atoms with Gasteiger partial charge in [0.2, 0.25) is 0 Å². The molecule has 157 valence electrons. The smallest absolute Gasteiger partial charge is 0.0134 e. The third-order valence-corrected chi connectivity index (χ3v) is 6.82. The van der Waals surface area contributed by atoms with E-state index in [4.69, 9.17) is 4.65 Å². The molecule has 0 amide bonds. The molecule has 0 bridgehead atoms. The van der Waals surface area contributed by atoms with Crippen molar-refractivity contribution in [3.8, 4) is 0 Å². The van der Waals surface area contributed by atoms with Gasteiger partial charge in [-0.05, 0) is 23.8 Å². The summed E-state index contributed by atoms with van der Waals surface area (Å²) in [7, 11) is -0.446. The van der Waals surface area contributed by atoms with E-state index in [2.05, 4.69) is 118 Å². The zero-order valence-electron chi connectivity index (χ0n) is 17.8. The van der Waals surface area contributed by atoms with Crippen LogP contribution < -0.4 is 15.9 Å². The second-order valence-electron chi connectivity index (χ2n) is 6.40. The van der Waals surface area contributed by atoms with Gasteiger partial charge in [-0.25, -0.2) is 12.1 Å². The van der Waals surface area contributed by atoms with Crippen molar-refractivity contribution in [3.05, 3.63) is 134 Å². The summed E-state index contributed by atoms with van der Waals surface area (Å²) in [6.07, 6.45) is 0. The van der Waals surface area contributed by atoms with E-state index in [9.17, 15) is 0 Å². The maximum absolute atomic E-state index is 7.50. The maximum atomic E-state index is 7.50. The molecule has 0 atom stereocenters. The van der Waals surface area contributed by atoms with Gasteiger partial charge in [-0.2, -0.15) is 18.2 Å². The van der Waals surface area contributed by atoms with Gasteiger partial charge in [-0.15, -0.1) is 0 Å². The molecule has 0 unspecified atom stereocenters. The topological polar surface area (TPSA) is 19.9 Å². The Labute approximate surface area is 195 Å². The van der Waals surface area contributed by atoms with Crippen LogP contribution in [-0.2, 0) is 20.2 Å². The molecule has 0 saturated heterocycles. The van der Waals surface area contributed by atoms with Crippen LogP contribution in [0.1, 0.15) is 13.8 Å². The number of benzene rings is 3. The molecule has 3 heteroatoms. The summed E-state index contributed by atoms with van der Waals surface area (Å²) >= 11 is 3.03. The Kier molecular flexibility index (Phi) is 14.5. The minimum absolute atomic E-state index is 0.446. The van der Waals surface area contributed by atoms with Crippen LogP contribution in [0.5, 0.6) is 0 Å². The van der Waals surface area contributed by atoms with Crippen LogP contribution in [0.2, 0.25) is 0 Å². The van der Waals surface area contributed by atoms with Crippen molar-refractivity contribution in [1.29, 1.82) is 0 Å². The predicted molar refractivity (Wildman–Crippen MR) is 131 cm³/mol. The fourth-order valence-electron chi connectivity index (χ4n) is 2.50. The van der Waals surface area contributed by atoms with E-state index in [1.165, 1.54) is 21.5 Å². The molecule has 0 spiro atoms. The Hall–Kier alpha value is -2.65. The van der Waals surface area contributed by atoms with Gasteiger partial charge >= 0.3 is 50.9 Å². The zero-order chi connectivity index (χ0) is 22.7. The minimum atomic E-state index is -0.446. The van der Waals surface area contributed by atoms with Crippen LogP contribution >= 0.6 is 7.92 Å². The average molecular weight is 464 g/mol. The van der Waals surface area contributed by atoms with Crippen molar-refractivity contribution >= 4 is 28.4 Å². The molecule has 0 fully saturated rings. The fourth-order valence-corrected chi connectivity index (χ4v) is 4.80. The van der Waals surface area contributed by atoms with Gasteiger partial charge < -0.3 is 0 Å². The summed E-state index contributed by atoms with van der Waals surface area (Å²) in [6.45, 7) is 8.46. The molecular formula is C28H26MnOP-. The largest absolute Gasteiger partial charge is 0.214 e. The van der Waals surface area contributed by atoms with Crippen molar-refractivity contribution in [3.63, 3.8) is 0 Å². The average Bonchev–Trinajstić information content (AvgIpc) is 3.44. The Balaban J connectivity index is 0.000000330. The van der Waals surface area contributed by atoms with Crippen molar-refractivity contribution in [2.75, 3.05) is 0 Å². The molecule has 0 aliphatic heterocycles. The van der Waals surface area contributed by atoms with Gasteiger partial charge in [0.25, 0.3) is 0 Å². The summed E-state index contributed by atoms with van der Waals surface area (Å²) < 4.78 is 10.3. The monoisotopic (exact) mass is 464 g/mol. The van der Waals surface area contributed by atoms with Gasteiger partial charge in [0.1, 0.15) is 0 Å². The summed E-state index contributed by atoms with van der Waals surface area (Å²) in [4.78, 5) is 0. The second kappa shape index (κ2) is 17.1. The molecule has 0 aliphatic rings. The van der Waals surface area contributed by atoms with E-state index >= 15 is 0 Å². The molecule has 0 radical (unpaired) electrons. The molecule has 1 nitrogen and oxygen atoms in total. The van der Waals surface area contributed by atoms with Crippen LogP contribution in [0.3, 0.4) is 0 Å². The van der Waals surface area contributed by atoms with Crippen LogP contribution in [0, 0.1) is 6.65 Å². The van der Waals surface area contributed by atoms with Crippen molar-refractivity contribution < 1.29 is 20.2 Å². The SMILES string of the molecule is CC(C)=[C]=[Mn].[C-]#[O+].c1cc[cH-]c1.c1ccc(P(c2ccccc2)c2ccccc2)cc1. The molecule has 0 aliphatic carbocycles. The predicted octanol–water partition coefficient (Wildman–Crippen LogP) is 5.71. The molecule has 0 N–H and O–H groups in total. The minimum Gasteiger partial charge on any atom is -0.214 e. The molecule has 0 aromatic heterocycles. The first-order chi connectivity index (χ1) is 15.2. The summed E-state index contributed by atoms with van der Waals surface area (Å²) in [5.74, 6) is 0. The second-order valence-corrected chi connectivity index (χ2v) is 8.91. The molecule has 0 heterocycles. The van der Waals surface area contributed by atoms with Crippen LogP contribution in [0.15, 0.2) is 127 Å². The molecule has 4 aromatic carbocycles. The normalized spacial score (nSPS) is 8.81. The molecular weight excluding hydrogens is 438 g/mol. The first kappa shape index (κ1) is 26.4. The van der Waals surface area contributed by atoms with Crippen molar-refractivity contribution in [1.82, 2.24) is 0 Å². The van der Waals surface area contributed by atoms with E-state index in [1.807, 2.05) is 44.2 Å². The van der Waals surface area contributed by atoms with Crippen LogP contribution in [0.25, 0.3) is 0 Å². The first-order valence-corrected chi connectivity index (χ1v) is 11.6. The maximum Gasteiger partial charge on any atom is -0.0134 e. The van der Waals surface area contributed by atoms with Gasteiger partial charge in [0.05, 0.1) is 0 Å². The third kappa shape index (κ3) is 10.8. The van der Waals surface area contributed by atoms with Gasteiger partial charge in [-0.1, -0.05) is 91.0 Å². The number of allylic oxidation sites excluding steroid dienone is 1. The number of hydrogen-bond acceptors (Lipinski definition) is 0. The Morgan fingerprint density at radius 3 is 1.16 bits per heavy atom. The van der Waals surface area contributed by atoms with Gasteiger partial charge in [-0.3, -0.25) is 0 Å². The van der Waals surface area contributed by atoms with E-state index < -0.39 is 7.92 Å². The zero-order valence-corrected chi connectivity index (χ0v) is 19.9. The van der Waals surface area contributed by atoms with Gasteiger partial charge in [0.15, 0.2) is 0 Å². The molecule has 31 heavy (non-hydrogen) atoms. The molecule has 4 aromatic rings. The van der Waals surface area contributed by atoms with Crippen LogP contribution in [-0.4, -0.2) is 4.58 Å².